The van der Waals surface area contributed by atoms with Gasteiger partial charge in [0.1, 0.15) is 12.4 Å². The van der Waals surface area contributed by atoms with Crippen molar-refractivity contribution in [2.45, 2.75) is 33.3 Å². The lowest BCUT2D eigenvalue weighted by Crippen LogP contribution is -2.20. The molecule has 0 aliphatic carbocycles. The fourth-order valence-electron chi connectivity index (χ4n) is 4.11. The van der Waals surface area contributed by atoms with Crippen molar-refractivity contribution in [3.8, 4) is 11.8 Å². The first-order valence-corrected chi connectivity index (χ1v) is 10.5. The molecule has 1 unspecified atom stereocenters. The van der Waals surface area contributed by atoms with Gasteiger partial charge in [-0.05, 0) is 46.9 Å². The Morgan fingerprint density at radius 1 is 0.903 bits per heavy atom. The van der Waals surface area contributed by atoms with Gasteiger partial charge < -0.3 is 4.74 Å². The molecule has 1 aromatic heterocycles. The Labute approximate surface area is 184 Å². The summed E-state index contributed by atoms with van der Waals surface area (Å²) in [4.78, 5) is 4.69. The van der Waals surface area contributed by atoms with Gasteiger partial charge in [0, 0.05) is 11.3 Å². The second-order valence-electron chi connectivity index (χ2n) is 8.85. The standard InChI is InChI=1S/C28H26N2O/c1-28(2,3)27(21-10-5-4-6-11-21)25-17-24(16-14-22(25)18-29)31-19-23-15-13-20-9-7-8-12-26(20)30-23/h4-17,27H,19H2,1-3H3. The molecule has 0 fully saturated rings. The Morgan fingerprint density at radius 3 is 2.39 bits per heavy atom. The predicted octanol–water partition coefficient (Wildman–Crippen LogP) is 6.86. The molecule has 154 valence electrons. The molecular weight excluding hydrogens is 380 g/mol. The highest BCUT2D eigenvalue weighted by Gasteiger charge is 2.30. The molecule has 0 saturated carbocycles. The summed E-state index contributed by atoms with van der Waals surface area (Å²) in [6.45, 7) is 7.00. The van der Waals surface area contributed by atoms with E-state index in [2.05, 4.69) is 51.1 Å². The molecule has 3 nitrogen and oxygen atoms in total. The van der Waals surface area contributed by atoms with E-state index in [1.54, 1.807) is 0 Å². The van der Waals surface area contributed by atoms with Gasteiger partial charge in [0.2, 0.25) is 0 Å². The van der Waals surface area contributed by atoms with Gasteiger partial charge >= 0.3 is 0 Å². The highest BCUT2D eigenvalue weighted by molar-refractivity contribution is 5.78. The molecule has 0 spiro atoms. The molecular formula is C28H26N2O. The van der Waals surface area contributed by atoms with Gasteiger partial charge in [-0.1, -0.05) is 75.4 Å². The Hall–Kier alpha value is -3.64. The molecule has 4 rings (SSSR count). The SMILES string of the molecule is CC(C)(C)C(c1ccccc1)c1cc(OCc2ccc3ccccc3n2)ccc1C#N. The van der Waals surface area contributed by atoms with E-state index in [0.717, 1.165) is 27.9 Å². The molecule has 0 N–H and O–H groups in total. The highest BCUT2D eigenvalue weighted by atomic mass is 16.5. The predicted molar refractivity (Wildman–Crippen MR) is 125 cm³/mol. The molecule has 0 aliphatic rings. The Balaban J connectivity index is 1.65. The summed E-state index contributed by atoms with van der Waals surface area (Å²) in [6.07, 6.45) is 0. The van der Waals surface area contributed by atoms with Gasteiger partial charge in [-0.3, -0.25) is 0 Å². The third-order valence-electron chi connectivity index (χ3n) is 5.50. The number of aromatic nitrogens is 1. The quantitative estimate of drug-likeness (QED) is 0.363. The van der Waals surface area contributed by atoms with E-state index in [1.807, 2.05) is 60.7 Å². The van der Waals surface area contributed by atoms with Crippen LogP contribution in [0.15, 0.2) is 84.9 Å². The molecule has 1 heterocycles. The van der Waals surface area contributed by atoms with Crippen molar-refractivity contribution in [3.63, 3.8) is 0 Å². The van der Waals surface area contributed by atoms with Crippen molar-refractivity contribution in [2.24, 2.45) is 5.41 Å². The van der Waals surface area contributed by atoms with E-state index < -0.39 is 0 Å². The molecule has 0 radical (unpaired) electrons. The maximum Gasteiger partial charge on any atom is 0.130 e. The third-order valence-corrected chi connectivity index (χ3v) is 5.50. The Bertz CT molecular complexity index is 1230. The second kappa shape index (κ2) is 8.62. The summed E-state index contributed by atoms with van der Waals surface area (Å²) >= 11 is 0. The van der Waals surface area contributed by atoms with Crippen LogP contribution in [-0.4, -0.2) is 4.98 Å². The number of nitriles is 1. The number of pyridine rings is 1. The summed E-state index contributed by atoms with van der Waals surface area (Å²) in [5, 5.41) is 10.9. The maximum atomic E-state index is 9.78. The number of hydrogen-bond donors (Lipinski definition) is 0. The molecule has 4 aromatic rings. The highest BCUT2D eigenvalue weighted by Crippen LogP contribution is 2.42. The first kappa shape index (κ1) is 20.6. The van der Waals surface area contributed by atoms with Gasteiger partial charge in [-0.15, -0.1) is 0 Å². The van der Waals surface area contributed by atoms with E-state index in [1.165, 1.54) is 5.56 Å². The summed E-state index contributed by atoms with van der Waals surface area (Å²) < 4.78 is 6.11. The van der Waals surface area contributed by atoms with Gasteiger partial charge in [-0.25, -0.2) is 4.98 Å². The van der Waals surface area contributed by atoms with E-state index in [-0.39, 0.29) is 11.3 Å². The topological polar surface area (TPSA) is 45.9 Å². The number of nitrogens with zero attached hydrogens (tertiary/aromatic N) is 2. The molecule has 1 atom stereocenters. The maximum absolute atomic E-state index is 9.78. The number of hydrogen-bond acceptors (Lipinski definition) is 3. The van der Waals surface area contributed by atoms with Crippen LogP contribution in [0.4, 0.5) is 0 Å². The zero-order valence-corrected chi connectivity index (χ0v) is 18.2. The Kier molecular flexibility index (Phi) is 5.73. The van der Waals surface area contributed by atoms with Crippen LogP contribution < -0.4 is 4.74 Å². The van der Waals surface area contributed by atoms with Gasteiger partial charge in [0.05, 0.1) is 22.8 Å². The molecule has 3 heteroatoms. The minimum atomic E-state index is -0.0640. The molecule has 0 saturated heterocycles. The minimum absolute atomic E-state index is 0.0640. The summed E-state index contributed by atoms with van der Waals surface area (Å²) in [5.41, 5.74) is 4.64. The molecule has 31 heavy (non-hydrogen) atoms. The summed E-state index contributed by atoms with van der Waals surface area (Å²) in [6, 6.07) is 30.6. The van der Waals surface area contributed by atoms with Crippen LogP contribution >= 0.6 is 0 Å². The fraction of sp³-hybridized carbons (Fsp3) is 0.214. The number of para-hydroxylation sites is 1. The van der Waals surface area contributed by atoms with E-state index in [4.69, 9.17) is 9.72 Å². The van der Waals surface area contributed by atoms with E-state index >= 15 is 0 Å². The summed E-state index contributed by atoms with van der Waals surface area (Å²) in [5.74, 6) is 0.819. The lowest BCUT2D eigenvalue weighted by atomic mass is 9.71. The monoisotopic (exact) mass is 406 g/mol. The van der Waals surface area contributed by atoms with Crippen LogP contribution in [0, 0.1) is 16.7 Å². The van der Waals surface area contributed by atoms with Crippen molar-refractivity contribution in [3.05, 3.63) is 107 Å². The first-order valence-electron chi connectivity index (χ1n) is 10.5. The average molecular weight is 407 g/mol. The average Bonchev–Trinajstić information content (AvgIpc) is 2.77. The lowest BCUT2D eigenvalue weighted by Gasteiger charge is -2.32. The van der Waals surface area contributed by atoms with Crippen LogP contribution in [0.1, 0.15) is 49.1 Å². The minimum Gasteiger partial charge on any atom is -0.487 e. The van der Waals surface area contributed by atoms with Crippen molar-refractivity contribution in [1.82, 2.24) is 4.98 Å². The van der Waals surface area contributed by atoms with E-state index in [0.29, 0.717) is 12.2 Å². The fourth-order valence-corrected chi connectivity index (χ4v) is 4.11. The smallest absolute Gasteiger partial charge is 0.130 e. The normalized spacial score (nSPS) is 12.3. The van der Waals surface area contributed by atoms with Crippen molar-refractivity contribution < 1.29 is 4.74 Å². The largest absolute Gasteiger partial charge is 0.487 e. The zero-order chi connectivity index (χ0) is 21.8. The number of benzene rings is 3. The Morgan fingerprint density at radius 2 is 1.65 bits per heavy atom. The van der Waals surface area contributed by atoms with Crippen molar-refractivity contribution >= 4 is 10.9 Å². The van der Waals surface area contributed by atoms with Crippen LogP contribution in [0.3, 0.4) is 0 Å². The lowest BCUT2D eigenvalue weighted by molar-refractivity contribution is 0.300. The number of fused-ring (bicyclic) bond motifs is 1. The van der Waals surface area contributed by atoms with Crippen LogP contribution in [0.5, 0.6) is 5.75 Å². The van der Waals surface area contributed by atoms with Crippen LogP contribution in [-0.2, 0) is 6.61 Å². The second-order valence-corrected chi connectivity index (χ2v) is 8.85. The van der Waals surface area contributed by atoms with Crippen LogP contribution in [0.2, 0.25) is 0 Å². The van der Waals surface area contributed by atoms with Crippen molar-refractivity contribution in [1.29, 1.82) is 5.26 Å². The van der Waals surface area contributed by atoms with Crippen LogP contribution in [0.25, 0.3) is 10.9 Å². The van der Waals surface area contributed by atoms with Gasteiger partial charge in [0.25, 0.3) is 0 Å². The third kappa shape index (κ3) is 4.59. The zero-order valence-electron chi connectivity index (χ0n) is 18.2. The van der Waals surface area contributed by atoms with Gasteiger partial charge in [-0.2, -0.15) is 5.26 Å². The number of rotatable bonds is 5. The molecule has 3 aromatic carbocycles. The molecule has 0 bridgehead atoms. The van der Waals surface area contributed by atoms with Gasteiger partial charge in [0.15, 0.2) is 0 Å². The first-order chi connectivity index (χ1) is 15.0. The molecule has 0 aliphatic heterocycles. The summed E-state index contributed by atoms with van der Waals surface area (Å²) in [7, 11) is 0. The van der Waals surface area contributed by atoms with Crippen molar-refractivity contribution in [2.75, 3.05) is 0 Å². The molecule has 0 amide bonds. The van der Waals surface area contributed by atoms with E-state index in [9.17, 15) is 5.26 Å². The number of ether oxygens (including phenoxy) is 1.